The van der Waals surface area contributed by atoms with Crippen LogP contribution in [0, 0.1) is 23.7 Å². The van der Waals surface area contributed by atoms with Gasteiger partial charge in [0.05, 0.1) is 12.5 Å². The fraction of sp³-hybridized carbons (Fsp3) is 0.929. The first-order valence-corrected chi connectivity index (χ1v) is 6.58. The monoisotopic (exact) mass is 244 g/mol. The van der Waals surface area contributed by atoms with Crippen LogP contribution in [0.5, 0.6) is 0 Å². The molecule has 0 aliphatic carbocycles. The van der Waals surface area contributed by atoms with E-state index < -0.39 is 5.97 Å². The minimum absolute atomic E-state index is 0.321. The minimum Gasteiger partial charge on any atom is -0.481 e. The fourth-order valence-electron chi connectivity index (χ4n) is 2.47. The van der Waals surface area contributed by atoms with Crippen LogP contribution in [0.25, 0.3) is 0 Å². The maximum absolute atomic E-state index is 11.1. The zero-order valence-corrected chi connectivity index (χ0v) is 11.9. The van der Waals surface area contributed by atoms with E-state index in [1.165, 1.54) is 0 Å². The molecule has 0 radical (unpaired) electrons. The van der Waals surface area contributed by atoms with Gasteiger partial charge < -0.3 is 9.84 Å². The van der Waals surface area contributed by atoms with Crippen LogP contribution in [0.3, 0.4) is 0 Å². The lowest BCUT2D eigenvalue weighted by Gasteiger charge is -2.24. The first kappa shape index (κ1) is 16.4. The van der Waals surface area contributed by atoms with E-state index in [0.717, 1.165) is 19.3 Å². The molecule has 3 heteroatoms. The molecule has 0 saturated carbocycles. The second-order valence-corrected chi connectivity index (χ2v) is 5.85. The lowest BCUT2D eigenvalue weighted by atomic mass is 9.83. The van der Waals surface area contributed by atoms with Crippen molar-refractivity contribution in [2.75, 3.05) is 13.7 Å². The van der Waals surface area contributed by atoms with Crippen molar-refractivity contribution in [2.24, 2.45) is 23.7 Å². The summed E-state index contributed by atoms with van der Waals surface area (Å²) in [6, 6.07) is 0. The lowest BCUT2D eigenvalue weighted by molar-refractivity contribution is -0.144. The van der Waals surface area contributed by atoms with Crippen molar-refractivity contribution >= 4 is 5.97 Å². The molecule has 0 aromatic carbocycles. The van der Waals surface area contributed by atoms with E-state index in [4.69, 9.17) is 9.84 Å². The van der Waals surface area contributed by atoms with Crippen LogP contribution in [0.4, 0.5) is 0 Å². The summed E-state index contributed by atoms with van der Waals surface area (Å²) in [5.41, 5.74) is 0. The summed E-state index contributed by atoms with van der Waals surface area (Å²) in [6.45, 7) is 9.10. The Balaban J connectivity index is 4.40. The van der Waals surface area contributed by atoms with Gasteiger partial charge in [0.2, 0.25) is 0 Å². The van der Waals surface area contributed by atoms with Crippen LogP contribution in [0.15, 0.2) is 0 Å². The number of methoxy groups -OCH3 is 1. The standard InChI is InChI=1S/C14H28O3/c1-10(2)6-12(7-11(3)4)8-13(9-17-5)14(15)16/h10-13H,6-9H2,1-5H3,(H,15,16). The number of hydrogen-bond donors (Lipinski definition) is 1. The Kier molecular flexibility index (Phi) is 8.23. The van der Waals surface area contributed by atoms with E-state index in [9.17, 15) is 4.79 Å². The summed E-state index contributed by atoms with van der Waals surface area (Å²) >= 11 is 0. The van der Waals surface area contributed by atoms with Crippen molar-refractivity contribution in [3.05, 3.63) is 0 Å². The zero-order valence-electron chi connectivity index (χ0n) is 11.9. The third-order valence-corrected chi connectivity index (χ3v) is 2.94. The van der Waals surface area contributed by atoms with Crippen molar-refractivity contribution < 1.29 is 14.6 Å². The van der Waals surface area contributed by atoms with Crippen LogP contribution in [-0.4, -0.2) is 24.8 Å². The molecule has 0 rings (SSSR count). The number of carboxylic acids is 1. The third kappa shape index (κ3) is 8.19. The normalized spacial score (nSPS) is 13.6. The van der Waals surface area contributed by atoms with Crippen LogP contribution < -0.4 is 0 Å². The van der Waals surface area contributed by atoms with Gasteiger partial charge in [0.1, 0.15) is 0 Å². The Morgan fingerprint density at radius 1 is 1.06 bits per heavy atom. The van der Waals surface area contributed by atoms with Crippen molar-refractivity contribution in [3.8, 4) is 0 Å². The summed E-state index contributed by atoms with van der Waals surface area (Å²) in [4.78, 5) is 11.1. The van der Waals surface area contributed by atoms with E-state index in [-0.39, 0.29) is 5.92 Å². The van der Waals surface area contributed by atoms with E-state index in [1.807, 2.05) is 0 Å². The van der Waals surface area contributed by atoms with Gasteiger partial charge in [-0.15, -0.1) is 0 Å². The van der Waals surface area contributed by atoms with Crippen molar-refractivity contribution in [1.82, 2.24) is 0 Å². The first-order chi connectivity index (χ1) is 7.86. The van der Waals surface area contributed by atoms with Crippen LogP contribution in [0.1, 0.15) is 47.0 Å². The molecule has 1 unspecified atom stereocenters. The number of hydrogen-bond acceptors (Lipinski definition) is 2. The molecule has 3 nitrogen and oxygen atoms in total. The Labute approximate surface area is 106 Å². The highest BCUT2D eigenvalue weighted by Crippen LogP contribution is 2.27. The average molecular weight is 244 g/mol. The van der Waals surface area contributed by atoms with Gasteiger partial charge in [-0.3, -0.25) is 4.79 Å². The van der Waals surface area contributed by atoms with Gasteiger partial charge in [0.25, 0.3) is 0 Å². The number of rotatable bonds is 9. The molecule has 0 bridgehead atoms. The van der Waals surface area contributed by atoms with E-state index >= 15 is 0 Å². The quantitative estimate of drug-likeness (QED) is 0.676. The lowest BCUT2D eigenvalue weighted by Crippen LogP contribution is -2.23. The maximum atomic E-state index is 11.1. The molecular formula is C14H28O3. The predicted molar refractivity (Wildman–Crippen MR) is 70.0 cm³/mol. The fourth-order valence-corrected chi connectivity index (χ4v) is 2.47. The van der Waals surface area contributed by atoms with Crippen molar-refractivity contribution in [1.29, 1.82) is 0 Å². The predicted octanol–water partition coefficient (Wildman–Crippen LogP) is 3.43. The molecule has 0 aliphatic rings. The van der Waals surface area contributed by atoms with Gasteiger partial charge in [-0.2, -0.15) is 0 Å². The molecule has 1 N–H and O–H groups in total. The Hall–Kier alpha value is -0.570. The molecule has 0 aliphatic heterocycles. The molecule has 0 fully saturated rings. The molecule has 0 heterocycles. The Morgan fingerprint density at radius 2 is 1.53 bits per heavy atom. The van der Waals surface area contributed by atoms with E-state index in [2.05, 4.69) is 27.7 Å². The summed E-state index contributed by atoms with van der Waals surface area (Å²) in [5, 5.41) is 9.14. The number of carboxylic acid groups (broad SMARTS) is 1. The summed E-state index contributed by atoms with van der Waals surface area (Å²) in [5.74, 6) is 0.643. The molecule has 0 aromatic rings. The molecular weight excluding hydrogens is 216 g/mol. The highest BCUT2D eigenvalue weighted by Gasteiger charge is 2.23. The van der Waals surface area contributed by atoms with Gasteiger partial charge in [0.15, 0.2) is 0 Å². The third-order valence-electron chi connectivity index (χ3n) is 2.94. The van der Waals surface area contributed by atoms with Gasteiger partial charge in [-0.25, -0.2) is 0 Å². The SMILES string of the molecule is COCC(CC(CC(C)C)CC(C)C)C(=O)O. The molecule has 1 atom stereocenters. The van der Waals surface area contributed by atoms with Crippen LogP contribution in [-0.2, 0) is 9.53 Å². The second-order valence-electron chi connectivity index (χ2n) is 5.85. The Bertz CT molecular complexity index is 202. The van der Waals surface area contributed by atoms with E-state index in [0.29, 0.717) is 24.4 Å². The molecule has 0 spiro atoms. The molecule has 17 heavy (non-hydrogen) atoms. The minimum atomic E-state index is -0.732. The van der Waals surface area contributed by atoms with Crippen LogP contribution >= 0.6 is 0 Å². The van der Waals surface area contributed by atoms with Crippen molar-refractivity contribution in [3.63, 3.8) is 0 Å². The van der Waals surface area contributed by atoms with Crippen molar-refractivity contribution in [2.45, 2.75) is 47.0 Å². The number of carbonyl (C=O) groups is 1. The zero-order chi connectivity index (χ0) is 13.4. The number of ether oxygens (including phenoxy) is 1. The van der Waals surface area contributed by atoms with Gasteiger partial charge in [-0.05, 0) is 37.0 Å². The molecule has 0 amide bonds. The average Bonchev–Trinajstić information content (AvgIpc) is 2.14. The smallest absolute Gasteiger partial charge is 0.308 e. The van der Waals surface area contributed by atoms with Gasteiger partial charge in [0, 0.05) is 7.11 Å². The second kappa shape index (κ2) is 8.51. The summed E-state index contributed by atoms with van der Waals surface area (Å²) in [7, 11) is 1.57. The highest BCUT2D eigenvalue weighted by atomic mass is 16.5. The maximum Gasteiger partial charge on any atom is 0.308 e. The molecule has 0 aromatic heterocycles. The van der Waals surface area contributed by atoms with Crippen LogP contribution in [0.2, 0.25) is 0 Å². The Morgan fingerprint density at radius 3 is 1.82 bits per heavy atom. The highest BCUT2D eigenvalue weighted by molar-refractivity contribution is 5.70. The summed E-state index contributed by atoms with van der Waals surface area (Å²) in [6.07, 6.45) is 2.94. The summed E-state index contributed by atoms with van der Waals surface area (Å²) < 4.78 is 5.00. The van der Waals surface area contributed by atoms with Gasteiger partial charge in [-0.1, -0.05) is 27.7 Å². The molecule has 102 valence electrons. The van der Waals surface area contributed by atoms with Gasteiger partial charge >= 0.3 is 5.97 Å². The molecule has 0 saturated heterocycles. The van der Waals surface area contributed by atoms with E-state index in [1.54, 1.807) is 7.11 Å². The topological polar surface area (TPSA) is 46.5 Å². The largest absolute Gasteiger partial charge is 0.481 e. The number of aliphatic carboxylic acids is 1. The first-order valence-electron chi connectivity index (χ1n) is 6.58.